The molecule has 40 heavy (non-hydrogen) atoms. The highest BCUT2D eigenvalue weighted by atomic mass is 32.1. The van der Waals surface area contributed by atoms with Crippen LogP contribution in [0.15, 0.2) is 30.5 Å². The van der Waals surface area contributed by atoms with Crippen molar-refractivity contribution in [3.05, 3.63) is 36.0 Å². The van der Waals surface area contributed by atoms with E-state index < -0.39 is 0 Å². The van der Waals surface area contributed by atoms with Crippen molar-refractivity contribution in [2.45, 2.75) is 64.3 Å². The maximum Gasteiger partial charge on any atom is 0.222 e. The van der Waals surface area contributed by atoms with Crippen molar-refractivity contribution in [3.8, 4) is 0 Å². The molecule has 10 nitrogen and oxygen atoms in total. The lowest BCUT2D eigenvalue weighted by atomic mass is 10.0. The minimum absolute atomic E-state index is 0.164. The Labute approximate surface area is 241 Å². The van der Waals surface area contributed by atoms with E-state index >= 15 is 0 Å². The van der Waals surface area contributed by atoms with Crippen LogP contribution in [0, 0.1) is 0 Å². The lowest BCUT2D eigenvalue weighted by molar-refractivity contribution is -0.132. The molecule has 0 saturated carbocycles. The highest BCUT2D eigenvalue weighted by molar-refractivity contribution is 7.21. The van der Waals surface area contributed by atoms with Gasteiger partial charge in [0.15, 0.2) is 5.13 Å². The largest absolute Gasteiger partial charge is 0.373 e. The fraction of sp³-hybridized carbons (Fsp3) is 0.586. The molecule has 2 fully saturated rings. The summed E-state index contributed by atoms with van der Waals surface area (Å²) in [5.74, 6) is 1.82. The Bertz CT molecular complexity index is 1240. The molecule has 3 aromatic heterocycles. The van der Waals surface area contributed by atoms with Crippen LogP contribution in [0.2, 0.25) is 0 Å². The molecule has 3 aromatic rings. The summed E-state index contributed by atoms with van der Waals surface area (Å²) in [7, 11) is 4.09. The summed E-state index contributed by atoms with van der Waals surface area (Å²) in [4.78, 5) is 34.4. The first-order chi connectivity index (χ1) is 19.3. The van der Waals surface area contributed by atoms with Crippen molar-refractivity contribution < 1.29 is 9.53 Å². The molecule has 2 N–H and O–H groups in total. The monoisotopic (exact) mass is 566 g/mol. The molecule has 216 valence electrons. The summed E-state index contributed by atoms with van der Waals surface area (Å²) >= 11 is 1.52. The van der Waals surface area contributed by atoms with Crippen LogP contribution in [0.1, 0.15) is 45.1 Å². The number of likely N-dealkylation sites (tertiary alicyclic amines) is 1. The Morgan fingerprint density at radius 1 is 1.15 bits per heavy atom. The summed E-state index contributed by atoms with van der Waals surface area (Å²) < 4.78 is 5.95. The van der Waals surface area contributed by atoms with Crippen LogP contribution in [-0.4, -0.2) is 101 Å². The highest BCUT2D eigenvalue weighted by Crippen LogP contribution is 2.28. The molecular formula is C29H42N8O2S. The zero-order valence-electron chi connectivity index (χ0n) is 24.1. The minimum atomic E-state index is 0.164. The quantitative estimate of drug-likeness (QED) is 0.374. The molecule has 3 atom stereocenters. The summed E-state index contributed by atoms with van der Waals surface area (Å²) in [5, 5.41) is 7.86. The fourth-order valence-corrected chi connectivity index (χ4v) is 6.47. The molecule has 1 amide bonds. The zero-order valence-corrected chi connectivity index (χ0v) is 24.9. The highest BCUT2D eigenvalue weighted by Gasteiger charge is 2.25. The van der Waals surface area contributed by atoms with E-state index in [1.807, 2.05) is 31.1 Å². The number of hydrogen-bond acceptors (Lipinski definition) is 10. The Morgan fingerprint density at radius 3 is 2.73 bits per heavy atom. The van der Waals surface area contributed by atoms with Crippen molar-refractivity contribution in [3.63, 3.8) is 0 Å². The molecule has 0 radical (unpaired) electrons. The van der Waals surface area contributed by atoms with Crippen molar-refractivity contribution in [1.29, 1.82) is 0 Å². The Balaban J connectivity index is 1.31. The number of aromatic nitrogens is 3. The number of pyridine rings is 2. The molecular weight excluding hydrogens is 524 g/mol. The van der Waals surface area contributed by atoms with Gasteiger partial charge in [-0.1, -0.05) is 11.3 Å². The Kier molecular flexibility index (Phi) is 9.46. The van der Waals surface area contributed by atoms with Gasteiger partial charge in [-0.05, 0) is 83.6 Å². The molecule has 0 spiro atoms. The molecule has 0 aliphatic carbocycles. The van der Waals surface area contributed by atoms with Gasteiger partial charge in [0.05, 0.1) is 12.2 Å². The predicted octanol–water partition coefficient (Wildman–Crippen LogP) is 4.18. The normalized spacial score (nSPS) is 22.1. The van der Waals surface area contributed by atoms with Crippen molar-refractivity contribution >= 4 is 44.4 Å². The molecule has 11 heteroatoms. The smallest absolute Gasteiger partial charge is 0.222 e. The van der Waals surface area contributed by atoms with Crippen LogP contribution in [-0.2, 0) is 16.1 Å². The van der Waals surface area contributed by atoms with Crippen LogP contribution in [0.3, 0.4) is 0 Å². The second-order valence-electron chi connectivity index (χ2n) is 11.4. The summed E-state index contributed by atoms with van der Waals surface area (Å²) in [6.07, 6.45) is 5.69. The first-order valence-corrected chi connectivity index (χ1v) is 15.2. The third kappa shape index (κ3) is 7.87. The number of nitrogens with one attached hydrogen (secondary N) is 2. The number of morpholine rings is 1. The first-order valence-electron chi connectivity index (χ1n) is 14.4. The number of hydrogen-bond donors (Lipinski definition) is 2. The van der Waals surface area contributed by atoms with Gasteiger partial charge in [-0.3, -0.25) is 9.69 Å². The Morgan fingerprint density at radius 2 is 1.95 bits per heavy atom. The fourth-order valence-electron chi connectivity index (χ4n) is 5.66. The van der Waals surface area contributed by atoms with Gasteiger partial charge in [-0.2, -0.15) is 0 Å². The number of nitrogens with zero attached hydrogens (tertiary/aromatic N) is 6. The van der Waals surface area contributed by atoms with E-state index in [9.17, 15) is 4.79 Å². The topological polar surface area (TPSA) is 98.8 Å². The van der Waals surface area contributed by atoms with Crippen LogP contribution in [0.25, 0.3) is 10.3 Å². The number of carbonyl (C=O) groups is 1. The number of anilines is 3. The number of carbonyl (C=O) groups excluding carboxylic acids is 1. The minimum Gasteiger partial charge on any atom is -0.373 e. The molecule has 5 heterocycles. The second kappa shape index (κ2) is 13.2. The summed E-state index contributed by atoms with van der Waals surface area (Å²) in [5.41, 5.74) is 2.05. The lowest BCUT2D eigenvalue weighted by Crippen LogP contribution is -2.45. The van der Waals surface area contributed by atoms with Gasteiger partial charge in [-0.25, -0.2) is 15.0 Å². The SMILES string of the molecule is C[C@@H]1CN(Cc2cc(Nc3nc4cccnc4s3)nc(NC3CCCN(C(=O)CCCN(C)C)C3)c2)C[C@H](C)O1. The second-order valence-corrected chi connectivity index (χ2v) is 12.4. The van der Waals surface area contributed by atoms with Crippen molar-refractivity contribution in [2.24, 2.45) is 0 Å². The molecule has 2 aliphatic heterocycles. The number of piperidine rings is 1. The third-order valence-electron chi connectivity index (χ3n) is 7.31. The van der Waals surface area contributed by atoms with Gasteiger partial charge in [0.1, 0.15) is 22.0 Å². The number of rotatable bonds is 10. The van der Waals surface area contributed by atoms with Gasteiger partial charge < -0.3 is 25.2 Å². The average molecular weight is 567 g/mol. The number of ether oxygens (including phenoxy) is 1. The first kappa shape index (κ1) is 28.7. The van der Waals surface area contributed by atoms with Gasteiger partial charge in [0.25, 0.3) is 0 Å². The summed E-state index contributed by atoms with van der Waals surface area (Å²) in [6, 6.07) is 8.29. The molecule has 2 aliphatic rings. The van der Waals surface area contributed by atoms with E-state index in [1.54, 1.807) is 6.20 Å². The van der Waals surface area contributed by atoms with E-state index in [-0.39, 0.29) is 24.2 Å². The molecule has 5 rings (SSSR count). The van der Waals surface area contributed by atoms with Crippen molar-refractivity contribution in [1.82, 2.24) is 29.7 Å². The molecule has 0 aromatic carbocycles. The molecule has 1 unspecified atom stereocenters. The van der Waals surface area contributed by atoms with E-state index in [2.05, 4.69) is 51.4 Å². The van der Waals surface area contributed by atoms with Gasteiger partial charge in [0, 0.05) is 51.4 Å². The number of thiazole rings is 1. The Hall–Kier alpha value is -2.86. The average Bonchev–Trinajstić information content (AvgIpc) is 3.30. The molecule has 2 saturated heterocycles. The van der Waals surface area contributed by atoms with Crippen LogP contribution >= 0.6 is 11.3 Å². The standard InChI is InChI=1S/C29H42N8O2S/c1-20-16-36(17-21(2)39-20)18-22-14-25(31-23-8-6-13-37(19-23)27(38)10-7-12-35(3)4)33-26(15-22)34-29-32-24-9-5-11-30-28(24)40-29/h5,9,11,14-15,20-21,23H,6-8,10,12-13,16-19H2,1-4H3,(H2,31,32,33,34)/t20-,21+,23?. The molecule has 0 bridgehead atoms. The lowest BCUT2D eigenvalue weighted by Gasteiger charge is -2.35. The zero-order chi connectivity index (χ0) is 28.1. The van der Waals surface area contributed by atoms with Gasteiger partial charge in [-0.15, -0.1) is 0 Å². The van der Waals surface area contributed by atoms with E-state index in [0.717, 1.165) is 79.1 Å². The van der Waals surface area contributed by atoms with E-state index in [1.165, 1.54) is 16.9 Å². The third-order valence-corrected chi connectivity index (χ3v) is 8.20. The van der Waals surface area contributed by atoms with Gasteiger partial charge in [0.2, 0.25) is 5.91 Å². The maximum atomic E-state index is 12.9. The number of fused-ring (bicyclic) bond motifs is 1. The van der Waals surface area contributed by atoms with Crippen molar-refractivity contribution in [2.75, 3.05) is 57.5 Å². The summed E-state index contributed by atoms with van der Waals surface area (Å²) in [6.45, 7) is 9.34. The van der Waals surface area contributed by atoms with Gasteiger partial charge >= 0.3 is 0 Å². The number of amides is 1. The van der Waals surface area contributed by atoms with Crippen LogP contribution in [0.4, 0.5) is 16.8 Å². The van der Waals surface area contributed by atoms with E-state index in [4.69, 9.17) is 14.7 Å². The predicted molar refractivity (Wildman–Crippen MR) is 161 cm³/mol. The maximum absolute atomic E-state index is 12.9. The van der Waals surface area contributed by atoms with Crippen LogP contribution < -0.4 is 10.6 Å². The van der Waals surface area contributed by atoms with E-state index in [0.29, 0.717) is 13.0 Å². The van der Waals surface area contributed by atoms with Crippen LogP contribution in [0.5, 0.6) is 0 Å².